The summed E-state index contributed by atoms with van der Waals surface area (Å²) in [6.07, 6.45) is 2.81. The zero-order valence-electron chi connectivity index (χ0n) is 12.7. The first kappa shape index (κ1) is 14.9. The summed E-state index contributed by atoms with van der Waals surface area (Å²) in [5, 5.41) is 3.38. The van der Waals surface area contributed by atoms with Gasteiger partial charge in [-0.3, -0.25) is 9.69 Å². The van der Waals surface area contributed by atoms with Gasteiger partial charge in [-0.1, -0.05) is 0 Å². The second-order valence-corrected chi connectivity index (χ2v) is 6.77. The van der Waals surface area contributed by atoms with E-state index in [0.717, 1.165) is 52.1 Å². The van der Waals surface area contributed by atoms with Crippen molar-refractivity contribution >= 4 is 5.78 Å². The van der Waals surface area contributed by atoms with Gasteiger partial charge in [0.05, 0.1) is 0 Å². The second kappa shape index (κ2) is 6.33. The number of nitrogens with zero attached hydrogens (tertiary/aromatic N) is 2. The van der Waals surface area contributed by atoms with Crippen LogP contribution < -0.4 is 5.32 Å². The summed E-state index contributed by atoms with van der Waals surface area (Å²) in [5.41, 5.74) is 0.0164. The van der Waals surface area contributed by atoms with Crippen LogP contribution in [-0.2, 0) is 4.79 Å². The van der Waals surface area contributed by atoms with Crippen molar-refractivity contribution in [3.05, 3.63) is 0 Å². The van der Waals surface area contributed by atoms with Crippen molar-refractivity contribution < 1.29 is 4.79 Å². The lowest BCUT2D eigenvalue weighted by Crippen LogP contribution is -2.54. The summed E-state index contributed by atoms with van der Waals surface area (Å²) in [7, 11) is 2.14. The molecule has 0 atom stereocenters. The number of hydrogen-bond donors (Lipinski definition) is 1. The normalized spacial score (nSPS) is 24.6. The Bertz CT molecular complexity index is 303. The summed E-state index contributed by atoms with van der Waals surface area (Å²) in [4.78, 5) is 17.3. The van der Waals surface area contributed by atoms with E-state index < -0.39 is 0 Å². The average Bonchev–Trinajstić information content (AvgIpc) is 2.40. The van der Waals surface area contributed by atoms with E-state index >= 15 is 0 Å². The van der Waals surface area contributed by atoms with E-state index in [1.54, 1.807) is 0 Å². The van der Waals surface area contributed by atoms with Gasteiger partial charge in [0.15, 0.2) is 0 Å². The Morgan fingerprint density at radius 3 is 2.32 bits per heavy atom. The largest absolute Gasteiger partial charge is 0.314 e. The molecule has 0 bridgehead atoms. The third-order valence-electron chi connectivity index (χ3n) is 4.75. The third-order valence-corrected chi connectivity index (χ3v) is 4.75. The molecule has 4 nitrogen and oxygen atoms in total. The molecule has 0 saturated carbocycles. The zero-order chi connectivity index (χ0) is 13.9. The van der Waals surface area contributed by atoms with Crippen LogP contribution in [0.2, 0.25) is 0 Å². The molecule has 4 heteroatoms. The minimum atomic E-state index is 0.0164. The lowest BCUT2D eigenvalue weighted by Gasteiger charge is -2.41. The monoisotopic (exact) mass is 267 g/mol. The highest BCUT2D eigenvalue weighted by Gasteiger charge is 2.33. The number of hydrogen-bond acceptors (Lipinski definition) is 4. The molecule has 0 aromatic carbocycles. The fraction of sp³-hybridized carbons (Fsp3) is 0.933. The van der Waals surface area contributed by atoms with Crippen LogP contribution in [0.4, 0.5) is 0 Å². The van der Waals surface area contributed by atoms with Crippen molar-refractivity contribution in [3.8, 4) is 0 Å². The highest BCUT2D eigenvalue weighted by atomic mass is 16.1. The van der Waals surface area contributed by atoms with Crippen LogP contribution in [0.1, 0.15) is 33.1 Å². The summed E-state index contributed by atoms with van der Waals surface area (Å²) < 4.78 is 0. The van der Waals surface area contributed by atoms with Crippen molar-refractivity contribution in [2.24, 2.45) is 5.92 Å². The minimum Gasteiger partial charge on any atom is -0.314 e. The second-order valence-electron chi connectivity index (χ2n) is 6.77. The van der Waals surface area contributed by atoms with Crippen molar-refractivity contribution in [2.75, 3.05) is 46.3 Å². The molecule has 2 aliphatic rings. The van der Waals surface area contributed by atoms with Gasteiger partial charge in [0, 0.05) is 44.1 Å². The molecule has 2 aliphatic heterocycles. The quantitative estimate of drug-likeness (QED) is 0.823. The maximum absolute atomic E-state index is 12.5. The number of likely N-dealkylation sites (tertiary alicyclic amines) is 1. The number of carbonyl (C=O) groups excluding carboxylic acids is 1. The molecule has 0 aromatic heterocycles. The first-order chi connectivity index (χ1) is 8.99. The van der Waals surface area contributed by atoms with E-state index in [9.17, 15) is 4.79 Å². The number of piperazine rings is 1. The van der Waals surface area contributed by atoms with Crippen LogP contribution in [0, 0.1) is 5.92 Å². The predicted octanol–water partition coefficient (Wildman–Crippen LogP) is 0.971. The molecule has 0 spiro atoms. The average molecular weight is 267 g/mol. The number of rotatable bonds is 4. The topological polar surface area (TPSA) is 35.6 Å². The maximum atomic E-state index is 12.5. The van der Waals surface area contributed by atoms with Crippen LogP contribution in [0.5, 0.6) is 0 Å². The highest BCUT2D eigenvalue weighted by molar-refractivity contribution is 5.82. The van der Waals surface area contributed by atoms with Gasteiger partial charge in [0.2, 0.25) is 0 Å². The van der Waals surface area contributed by atoms with E-state index in [4.69, 9.17) is 0 Å². The smallest absolute Gasteiger partial charge is 0.137 e. The van der Waals surface area contributed by atoms with Crippen LogP contribution >= 0.6 is 0 Å². The molecule has 2 fully saturated rings. The van der Waals surface area contributed by atoms with Gasteiger partial charge in [-0.2, -0.15) is 0 Å². The summed E-state index contributed by atoms with van der Waals surface area (Å²) in [6.45, 7) is 10.8. The molecule has 110 valence electrons. The van der Waals surface area contributed by atoms with Crippen LogP contribution in [0.15, 0.2) is 0 Å². The van der Waals surface area contributed by atoms with E-state index in [1.165, 1.54) is 0 Å². The van der Waals surface area contributed by atoms with E-state index in [-0.39, 0.29) is 5.54 Å². The first-order valence-corrected chi connectivity index (χ1v) is 7.66. The molecular weight excluding hydrogens is 238 g/mol. The van der Waals surface area contributed by atoms with Crippen LogP contribution in [0.3, 0.4) is 0 Å². The molecule has 2 saturated heterocycles. The minimum absolute atomic E-state index is 0.0164. The summed E-state index contributed by atoms with van der Waals surface area (Å²) >= 11 is 0. The number of nitrogens with one attached hydrogen (secondary N) is 1. The standard InChI is InChI=1S/C15H29N3O/c1-15(2,18-10-6-16-7-11-18)12-14(19)13-4-8-17(3)9-5-13/h13,16H,4-12H2,1-3H3. The van der Waals surface area contributed by atoms with Gasteiger partial charge in [0.1, 0.15) is 5.78 Å². The predicted molar refractivity (Wildman–Crippen MR) is 78.4 cm³/mol. The Labute approximate surface area is 117 Å². The highest BCUT2D eigenvalue weighted by Crippen LogP contribution is 2.25. The maximum Gasteiger partial charge on any atom is 0.137 e. The Morgan fingerprint density at radius 2 is 1.74 bits per heavy atom. The molecule has 19 heavy (non-hydrogen) atoms. The molecule has 0 unspecified atom stereocenters. The summed E-state index contributed by atoms with van der Waals surface area (Å²) in [6, 6.07) is 0. The van der Waals surface area contributed by atoms with Crippen molar-refractivity contribution in [1.29, 1.82) is 0 Å². The number of Topliss-reactive ketones (excluding diaryl/α,β-unsaturated/α-hetero) is 1. The first-order valence-electron chi connectivity index (χ1n) is 7.66. The van der Waals surface area contributed by atoms with Crippen molar-refractivity contribution in [2.45, 2.75) is 38.6 Å². The molecule has 0 aromatic rings. The molecule has 0 aliphatic carbocycles. The Balaban J connectivity index is 1.86. The molecule has 0 radical (unpaired) electrons. The van der Waals surface area contributed by atoms with Gasteiger partial charge in [0.25, 0.3) is 0 Å². The molecular formula is C15H29N3O. The lowest BCUT2D eigenvalue weighted by atomic mass is 9.85. The fourth-order valence-electron chi connectivity index (χ4n) is 3.28. The molecule has 2 rings (SSSR count). The Hall–Kier alpha value is -0.450. The lowest BCUT2D eigenvalue weighted by molar-refractivity contribution is -0.126. The fourth-order valence-corrected chi connectivity index (χ4v) is 3.28. The summed E-state index contributed by atoms with van der Waals surface area (Å²) in [5.74, 6) is 0.787. The Kier molecular flexibility index (Phi) is 4.98. The van der Waals surface area contributed by atoms with Gasteiger partial charge in [-0.05, 0) is 46.8 Å². The van der Waals surface area contributed by atoms with E-state index in [0.29, 0.717) is 18.1 Å². The van der Waals surface area contributed by atoms with E-state index in [1.807, 2.05) is 0 Å². The van der Waals surface area contributed by atoms with Gasteiger partial charge >= 0.3 is 0 Å². The van der Waals surface area contributed by atoms with Gasteiger partial charge in [-0.25, -0.2) is 0 Å². The van der Waals surface area contributed by atoms with E-state index in [2.05, 4.69) is 36.0 Å². The third kappa shape index (κ3) is 4.01. The van der Waals surface area contributed by atoms with Gasteiger partial charge < -0.3 is 10.2 Å². The van der Waals surface area contributed by atoms with Crippen LogP contribution in [0.25, 0.3) is 0 Å². The molecule has 1 N–H and O–H groups in total. The number of carbonyl (C=O) groups is 1. The molecule has 0 amide bonds. The SMILES string of the molecule is CN1CCC(C(=O)CC(C)(C)N2CCNCC2)CC1. The van der Waals surface area contributed by atoms with Gasteiger partial charge in [-0.15, -0.1) is 0 Å². The van der Waals surface area contributed by atoms with Crippen LogP contribution in [-0.4, -0.2) is 67.4 Å². The Morgan fingerprint density at radius 1 is 1.16 bits per heavy atom. The molecule has 2 heterocycles. The van der Waals surface area contributed by atoms with Crippen molar-refractivity contribution in [1.82, 2.24) is 15.1 Å². The number of piperidine rings is 1. The number of ketones is 1. The van der Waals surface area contributed by atoms with Crippen molar-refractivity contribution in [3.63, 3.8) is 0 Å². The zero-order valence-corrected chi connectivity index (χ0v) is 12.7.